The molecule has 0 aliphatic heterocycles. The number of carbonyl (C=O) groups excluding carboxylic acids is 1. The summed E-state index contributed by atoms with van der Waals surface area (Å²) in [5.74, 6) is 0.633. The number of benzene rings is 2. The van der Waals surface area contributed by atoms with E-state index in [1.807, 2.05) is 6.92 Å². The molecular formula is C16H16ClNO2. The molecular weight excluding hydrogens is 274 g/mol. The highest BCUT2D eigenvalue weighted by Crippen LogP contribution is 2.22. The van der Waals surface area contributed by atoms with Gasteiger partial charge < -0.3 is 10.5 Å². The second-order valence-corrected chi connectivity index (χ2v) is 4.87. The number of halogens is 1. The van der Waals surface area contributed by atoms with E-state index in [1.165, 1.54) is 0 Å². The number of anilines is 1. The Labute approximate surface area is 123 Å². The number of hydrogen-bond donors (Lipinski definition) is 1. The van der Waals surface area contributed by atoms with Gasteiger partial charge in [-0.25, -0.2) is 0 Å². The lowest BCUT2D eigenvalue weighted by Gasteiger charge is -2.07. The molecule has 20 heavy (non-hydrogen) atoms. The minimum absolute atomic E-state index is 0.124. The van der Waals surface area contributed by atoms with Crippen molar-refractivity contribution >= 4 is 23.1 Å². The van der Waals surface area contributed by atoms with Crippen LogP contribution < -0.4 is 10.5 Å². The molecule has 0 saturated carbocycles. The fourth-order valence-corrected chi connectivity index (χ4v) is 2.00. The number of nitrogen functional groups attached to an aromatic ring is 1. The second-order valence-electron chi connectivity index (χ2n) is 4.43. The third kappa shape index (κ3) is 3.31. The molecule has 104 valence electrons. The quantitative estimate of drug-likeness (QED) is 0.670. The van der Waals surface area contributed by atoms with Gasteiger partial charge in [0, 0.05) is 21.8 Å². The van der Waals surface area contributed by atoms with E-state index in [4.69, 9.17) is 22.1 Å². The molecule has 0 spiro atoms. The van der Waals surface area contributed by atoms with E-state index < -0.39 is 0 Å². The summed E-state index contributed by atoms with van der Waals surface area (Å²) >= 11 is 5.83. The first-order valence-corrected chi connectivity index (χ1v) is 6.82. The SMILES string of the molecule is CCCOc1ccc(C(=O)c2ccc(Cl)cc2N)cc1. The zero-order valence-corrected chi connectivity index (χ0v) is 12.0. The third-order valence-electron chi connectivity index (χ3n) is 2.85. The Morgan fingerprint density at radius 2 is 1.90 bits per heavy atom. The lowest BCUT2D eigenvalue weighted by atomic mass is 10.0. The van der Waals surface area contributed by atoms with Crippen molar-refractivity contribution in [1.29, 1.82) is 0 Å². The molecule has 2 N–H and O–H groups in total. The molecule has 0 unspecified atom stereocenters. The number of hydrogen-bond acceptors (Lipinski definition) is 3. The summed E-state index contributed by atoms with van der Waals surface area (Å²) in [6.07, 6.45) is 0.946. The molecule has 3 nitrogen and oxygen atoms in total. The van der Waals surface area contributed by atoms with Gasteiger partial charge in [0.2, 0.25) is 0 Å². The molecule has 0 aliphatic rings. The van der Waals surface area contributed by atoms with Crippen LogP contribution in [0.15, 0.2) is 42.5 Å². The second kappa shape index (κ2) is 6.44. The van der Waals surface area contributed by atoms with E-state index in [1.54, 1.807) is 42.5 Å². The third-order valence-corrected chi connectivity index (χ3v) is 3.08. The van der Waals surface area contributed by atoms with Crippen LogP contribution in [-0.2, 0) is 0 Å². The highest BCUT2D eigenvalue weighted by Gasteiger charge is 2.12. The predicted octanol–water partition coefficient (Wildman–Crippen LogP) is 3.94. The van der Waals surface area contributed by atoms with Crippen LogP contribution in [0, 0.1) is 0 Å². The Morgan fingerprint density at radius 3 is 2.50 bits per heavy atom. The molecule has 0 heterocycles. The lowest BCUT2D eigenvalue weighted by molar-refractivity contribution is 0.103. The van der Waals surface area contributed by atoms with Crippen LogP contribution in [0.1, 0.15) is 29.3 Å². The summed E-state index contributed by atoms with van der Waals surface area (Å²) in [6, 6.07) is 11.9. The van der Waals surface area contributed by atoms with E-state index in [2.05, 4.69) is 0 Å². The average Bonchev–Trinajstić information content (AvgIpc) is 2.45. The van der Waals surface area contributed by atoms with E-state index in [0.717, 1.165) is 12.2 Å². The summed E-state index contributed by atoms with van der Waals surface area (Å²) in [5, 5.41) is 0.516. The molecule has 0 aliphatic carbocycles. The largest absolute Gasteiger partial charge is 0.494 e. The van der Waals surface area contributed by atoms with Gasteiger partial charge in [-0.15, -0.1) is 0 Å². The summed E-state index contributed by atoms with van der Waals surface area (Å²) < 4.78 is 5.48. The summed E-state index contributed by atoms with van der Waals surface area (Å²) in [7, 11) is 0. The summed E-state index contributed by atoms with van der Waals surface area (Å²) in [5.41, 5.74) is 7.24. The maximum absolute atomic E-state index is 12.3. The fraction of sp³-hybridized carbons (Fsp3) is 0.188. The van der Waals surface area contributed by atoms with Gasteiger partial charge in [0.25, 0.3) is 0 Å². The molecule has 0 radical (unpaired) electrons. The number of nitrogens with two attached hydrogens (primary N) is 1. The van der Waals surface area contributed by atoms with Crippen molar-refractivity contribution in [3.63, 3.8) is 0 Å². The minimum atomic E-state index is -0.124. The van der Waals surface area contributed by atoms with Gasteiger partial charge in [0.1, 0.15) is 5.75 Å². The molecule has 2 aromatic carbocycles. The van der Waals surface area contributed by atoms with Crippen LogP contribution in [-0.4, -0.2) is 12.4 Å². The normalized spacial score (nSPS) is 10.3. The van der Waals surface area contributed by atoms with Crippen LogP contribution in [0.5, 0.6) is 5.75 Å². The monoisotopic (exact) mass is 289 g/mol. The molecule has 4 heteroatoms. The first-order valence-electron chi connectivity index (χ1n) is 6.44. The maximum atomic E-state index is 12.3. The van der Waals surface area contributed by atoms with Crippen LogP contribution in [0.25, 0.3) is 0 Å². The van der Waals surface area contributed by atoms with Crippen molar-refractivity contribution in [2.75, 3.05) is 12.3 Å². The van der Waals surface area contributed by atoms with Gasteiger partial charge in [0.15, 0.2) is 5.78 Å². The van der Waals surface area contributed by atoms with Gasteiger partial charge in [-0.3, -0.25) is 4.79 Å². The predicted molar refractivity (Wildman–Crippen MR) is 81.5 cm³/mol. The molecule has 0 aromatic heterocycles. The molecule has 0 bridgehead atoms. The maximum Gasteiger partial charge on any atom is 0.195 e. The lowest BCUT2D eigenvalue weighted by Crippen LogP contribution is -2.05. The van der Waals surface area contributed by atoms with E-state index in [0.29, 0.717) is 28.4 Å². The molecule has 2 rings (SSSR count). The van der Waals surface area contributed by atoms with Crippen LogP contribution in [0.3, 0.4) is 0 Å². The molecule has 0 fully saturated rings. The van der Waals surface area contributed by atoms with Gasteiger partial charge in [0.05, 0.1) is 6.61 Å². The Bertz CT molecular complexity index is 608. The summed E-state index contributed by atoms with van der Waals surface area (Å²) in [4.78, 5) is 12.3. The minimum Gasteiger partial charge on any atom is -0.494 e. The molecule has 2 aromatic rings. The van der Waals surface area contributed by atoms with Crippen molar-refractivity contribution in [3.8, 4) is 5.75 Å². The van der Waals surface area contributed by atoms with E-state index in [-0.39, 0.29) is 5.78 Å². The van der Waals surface area contributed by atoms with Crippen molar-refractivity contribution in [3.05, 3.63) is 58.6 Å². The molecule has 0 amide bonds. The zero-order valence-electron chi connectivity index (χ0n) is 11.2. The number of ether oxygens (including phenoxy) is 1. The number of rotatable bonds is 5. The smallest absolute Gasteiger partial charge is 0.195 e. The van der Waals surface area contributed by atoms with Crippen molar-refractivity contribution in [1.82, 2.24) is 0 Å². The van der Waals surface area contributed by atoms with Crippen LogP contribution in [0.4, 0.5) is 5.69 Å². The first-order chi connectivity index (χ1) is 9.61. The van der Waals surface area contributed by atoms with Gasteiger partial charge in [-0.05, 0) is 48.9 Å². The average molecular weight is 290 g/mol. The van der Waals surface area contributed by atoms with E-state index in [9.17, 15) is 4.79 Å². The Morgan fingerprint density at radius 1 is 1.20 bits per heavy atom. The van der Waals surface area contributed by atoms with Crippen LogP contribution in [0.2, 0.25) is 5.02 Å². The topological polar surface area (TPSA) is 52.3 Å². The van der Waals surface area contributed by atoms with Crippen LogP contribution >= 0.6 is 11.6 Å². The van der Waals surface area contributed by atoms with Crippen molar-refractivity contribution in [2.24, 2.45) is 0 Å². The van der Waals surface area contributed by atoms with Gasteiger partial charge in [-0.2, -0.15) is 0 Å². The van der Waals surface area contributed by atoms with E-state index >= 15 is 0 Å². The number of carbonyl (C=O) groups is 1. The summed E-state index contributed by atoms with van der Waals surface area (Å²) in [6.45, 7) is 2.71. The Hall–Kier alpha value is -2.00. The standard InChI is InChI=1S/C16H16ClNO2/c1-2-9-20-13-6-3-11(4-7-13)16(19)14-8-5-12(17)10-15(14)18/h3-8,10H,2,9,18H2,1H3. The van der Waals surface area contributed by atoms with Crippen molar-refractivity contribution in [2.45, 2.75) is 13.3 Å². The highest BCUT2D eigenvalue weighted by molar-refractivity contribution is 6.31. The van der Waals surface area contributed by atoms with Gasteiger partial charge >= 0.3 is 0 Å². The van der Waals surface area contributed by atoms with Gasteiger partial charge in [-0.1, -0.05) is 18.5 Å². The Kier molecular flexibility index (Phi) is 4.64. The van der Waals surface area contributed by atoms with Crippen molar-refractivity contribution < 1.29 is 9.53 Å². The molecule has 0 atom stereocenters. The highest BCUT2D eigenvalue weighted by atomic mass is 35.5. The zero-order chi connectivity index (χ0) is 14.5. The Balaban J connectivity index is 2.20. The molecule has 0 saturated heterocycles. The first kappa shape index (κ1) is 14.4. The number of ketones is 1. The fourth-order valence-electron chi connectivity index (χ4n) is 1.82.